The fourth-order valence-corrected chi connectivity index (χ4v) is 6.51. The van der Waals surface area contributed by atoms with Crippen molar-refractivity contribution in [3.05, 3.63) is 164 Å². The van der Waals surface area contributed by atoms with Crippen LogP contribution in [0.5, 0.6) is 0 Å². The highest BCUT2D eigenvalue weighted by Crippen LogP contribution is 2.43. The van der Waals surface area contributed by atoms with Crippen molar-refractivity contribution in [3.8, 4) is 22.3 Å². The van der Waals surface area contributed by atoms with Gasteiger partial charge in [0.15, 0.2) is 0 Å². The molecule has 0 fully saturated rings. The van der Waals surface area contributed by atoms with Crippen molar-refractivity contribution in [2.24, 2.45) is 0 Å². The molecule has 0 atom stereocenters. The van der Waals surface area contributed by atoms with Crippen molar-refractivity contribution in [3.63, 3.8) is 0 Å². The summed E-state index contributed by atoms with van der Waals surface area (Å²) in [4.78, 5) is 2.33. The summed E-state index contributed by atoms with van der Waals surface area (Å²) in [5.41, 5.74) is 11.5. The lowest BCUT2D eigenvalue weighted by molar-refractivity contribution is 0.668. The van der Waals surface area contributed by atoms with Crippen molar-refractivity contribution < 1.29 is 8.83 Å². The average Bonchev–Trinajstić information content (AvgIpc) is 3.68. The molecule has 0 aliphatic heterocycles. The maximum absolute atomic E-state index is 6.29. The predicted octanol–water partition coefficient (Wildman–Crippen LogP) is 12.3. The second kappa shape index (κ2) is 10.3. The lowest BCUT2D eigenvalue weighted by Crippen LogP contribution is -2.10. The van der Waals surface area contributed by atoms with Gasteiger partial charge in [0, 0.05) is 27.5 Å². The van der Waals surface area contributed by atoms with Crippen LogP contribution in [0, 0.1) is 0 Å². The maximum Gasteiger partial charge on any atom is 0.137 e. The summed E-state index contributed by atoms with van der Waals surface area (Å²) in [6.45, 7) is 0. The summed E-state index contributed by atoms with van der Waals surface area (Å²) in [6.07, 6.45) is 0. The highest BCUT2D eigenvalue weighted by Gasteiger charge is 2.19. The maximum atomic E-state index is 6.29. The third kappa shape index (κ3) is 4.29. The Balaban J connectivity index is 1.18. The van der Waals surface area contributed by atoms with Gasteiger partial charge in [0.05, 0.1) is 11.1 Å². The first kappa shape index (κ1) is 25.4. The number of furan rings is 2. The average molecular weight is 578 g/mol. The van der Waals surface area contributed by atoms with E-state index in [-0.39, 0.29) is 0 Å². The molecule has 0 amide bonds. The van der Waals surface area contributed by atoms with Gasteiger partial charge in [-0.05, 0) is 82.9 Å². The minimum absolute atomic E-state index is 0.872. The molecule has 45 heavy (non-hydrogen) atoms. The van der Waals surface area contributed by atoms with Crippen LogP contribution in [-0.2, 0) is 0 Å². The van der Waals surface area contributed by atoms with Gasteiger partial charge in [0.25, 0.3) is 0 Å². The van der Waals surface area contributed by atoms with Crippen LogP contribution in [-0.4, -0.2) is 0 Å². The highest BCUT2D eigenvalue weighted by molar-refractivity contribution is 6.13. The van der Waals surface area contributed by atoms with E-state index in [9.17, 15) is 0 Å². The van der Waals surface area contributed by atoms with Gasteiger partial charge in [0.1, 0.15) is 22.3 Å². The molecule has 2 heterocycles. The minimum atomic E-state index is 0.872. The van der Waals surface area contributed by atoms with Crippen LogP contribution in [0.2, 0.25) is 0 Å². The molecule has 3 heteroatoms. The van der Waals surface area contributed by atoms with Crippen molar-refractivity contribution in [2.45, 2.75) is 0 Å². The monoisotopic (exact) mass is 577 g/mol. The van der Waals surface area contributed by atoms with Gasteiger partial charge in [-0.25, -0.2) is 0 Å². The molecule has 0 bridgehead atoms. The molecule has 3 nitrogen and oxygen atoms in total. The van der Waals surface area contributed by atoms with Gasteiger partial charge in [-0.2, -0.15) is 0 Å². The summed E-state index contributed by atoms with van der Waals surface area (Å²) in [6, 6.07) is 57.4. The second-order valence-corrected chi connectivity index (χ2v) is 11.4. The first-order valence-electron chi connectivity index (χ1n) is 15.2. The number of hydrogen-bond acceptors (Lipinski definition) is 3. The molecule has 7 aromatic carbocycles. The Morgan fingerprint density at radius 1 is 0.333 bits per heavy atom. The molecule has 0 N–H and O–H groups in total. The Morgan fingerprint density at radius 3 is 1.58 bits per heavy atom. The summed E-state index contributed by atoms with van der Waals surface area (Å²) in [5, 5.41) is 4.47. The Morgan fingerprint density at radius 2 is 0.844 bits per heavy atom. The Bertz CT molecular complexity index is 2470. The van der Waals surface area contributed by atoms with E-state index >= 15 is 0 Å². The quantitative estimate of drug-likeness (QED) is 0.204. The molecule has 0 aliphatic rings. The van der Waals surface area contributed by atoms with Crippen molar-refractivity contribution in [2.75, 3.05) is 4.90 Å². The number of rotatable bonds is 5. The minimum Gasteiger partial charge on any atom is -0.456 e. The van der Waals surface area contributed by atoms with E-state index in [0.29, 0.717) is 0 Å². The first-order chi connectivity index (χ1) is 22.3. The largest absolute Gasteiger partial charge is 0.456 e. The third-order valence-corrected chi connectivity index (χ3v) is 8.69. The number of para-hydroxylation sites is 2. The fraction of sp³-hybridized carbons (Fsp3) is 0. The zero-order chi connectivity index (χ0) is 29.7. The molecule has 212 valence electrons. The van der Waals surface area contributed by atoms with Crippen LogP contribution in [0.4, 0.5) is 17.1 Å². The number of fused-ring (bicyclic) bond motifs is 6. The number of nitrogens with zero attached hydrogens (tertiary/aromatic N) is 1. The topological polar surface area (TPSA) is 29.5 Å². The molecule has 0 aliphatic carbocycles. The van der Waals surface area contributed by atoms with Gasteiger partial charge in [-0.15, -0.1) is 0 Å². The first-order valence-corrected chi connectivity index (χ1v) is 15.2. The summed E-state index contributed by atoms with van der Waals surface area (Å²) in [5.74, 6) is 0. The molecule has 0 unspecified atom stereocenters. The fourth-order valence-electron chi connectivity index (χ4n) is 6.51. The number of hydrogen-bond donors (Lipinski definition) is 0. The molecule has 0 radical (unpaired) electrons. The standard InChI is InChI=1S/C42H27NO2/c1-2-9-28(10-3-1)29-17-22-32(23-18-29)43(37-13-8-16-41-42(37)35-12-5-7-15-39(35)45-41)33-24-19-30(20-25-33)31-21-26-40-36(27-31)34-11-4-6-14-38(34)44-40/h1-27H. The molecule has 0 saturated heterocycles. The molecular formula is C42H27NO2. The third-order valence-electron chi connectivity index (χ3n) is 8.69. The smallest absolute Gasteiger partial charge is 0.137 e. The Hall–Kier alpha value is -6.06. The zero-order valence-electron chi connectivity index (χ0n) is 24.4. The van der Waals surface area contributed by atoms with E-state index in [2.05, 4.69) is 138 Å². The summed E-state index contributed by atoms with van der Waals surface area (Å²) < 4.78 is 12.4. The molecular weight excluding hydrogens is 550 g/mol. The van der Waals surface area contributed by atoms with Crippen LogP contribution in [0.25, 0.3) is 66.1 Å². The van der Waals surface area contributed by atoms with Crippen LogP contribution in [0.15, 0.2) is 173 Å². The number of anilines is 3. The van der Waals surface area contributed by atoms with Gasteiger partial charge < -0.3 is 13.7 Å². The van der Waals surface area contributed by atoms with Crippen LogP contribution < -0.4 is 4.90 Å². The van der Waals surface area contributed by atoms with Gasteiger partial charge in [-0.1, -0.05) is 103 Å². The zero-order valence-corrected chi connectivity index (χ0v) is 24.4. The van der Waals surface area contributed by atoms with E-state index in [1.807, 2.05) is 30.3 Å². The van der Waals surface area contributed by atoms with E-state index in [1.54, 1.807) is 0 Å². The van der Waals surface area contributed by atoms with Crippen LogP contribution in [0.3, 0.4) is 0 Å². The summed E-state index contributed by atoms with van der Waals surface area (Å²) >= 11 is 0. The van der Waals surface area contributed by atoms with Crippen molar-refractivity contribution >= 4 is 60.9 Å². The lowest BCUT2D eigenvalue weighted by atomic mass is 10.0. The highest BCUT2D eigenvalue weighted by atomic mass is 16.3. The lowest BCUT2D eigenvalue weighted by Gasteiger charge is -2.26. The molecule has 9 rings (SSSR count). The van der Waals surface area contributed by atoms with Crippen molar-refractivity contribution in [1.82, 2.24) is 0 Å². The summed E-state index contributed by atoms with van der Waals surface area (Å²) in [7, 11) is 0. The SMILES string of the molecule is c1ccc(-c2ccc(N(c3ccc(-c4ccc5oc6ccccc6c5c4)cc3)c3cccc4oc5ccccc5c34)cc2)cc1. The van der Waals surface area contributed by atoms with E-state index in [1.165, 1.54) is 11.1 Å². The van der Waals surface area contributed by atoms with Crippen molar-refractivity contribution in [1.29, 1.82) is 0 Å². The van der Waals surface area contributed by atoms with E-state index < -0.39 is 0 Å². The van der Waals surface area contributed by atoms with E-state index in [4.69, 9.17) is 8.83 Å². The Labute approximate surface area is 260 Å². The molecule has 0 saturated carbocycles. The Kier molecular flexibility index (Phi) is 5.82. The molecule has 9 aromatic rings. The van der Waals surface area contributed by atoms with Crippen LogP contribution in [0.1, 0.15) is 0 Å². The van der Waals surface area contributed by atoms with Gasteiger partial charge in [-0.3, -0.25) is 0 Å². The normalized spacial score (nSPS) is 11.6. The number of benzene rings is 7. The predicted molar refractivity (Wildman–Crippen MR) is 187 cm³/mol. The van der Waals surface area contributed by atoms with Gasteiger partial charge in [0.2, 0.25) is 0 Å². The second-order valence-electron chi connectivity index (χ2n) is 11.4. The van der Waals surface area contributed by atoms with E-state index in [0.717, 1.165) is 72.1 Å². The van der Waals surface area contributed by atoms with Crippen LogP contribution >= 0.6 is 0 Å². The van der Waals surface area contributed by atoms with Gasteiger partial charge >= 0.3 is 0 Å². The molecule has 2 aromatic heterocycles. The molecule has 0 spiro atoms.